The Morgan fingerprint density at radius 2 is 2.00 bits per heavy atom. The van der Waals surface area contributed by atoms with Crippen LogP contribution in [-0.4, -0.2) is 23.4 Å². The average Bonchev–Trinajstić information content (AvgIpc) is 2.52. The second-order valence-corrected chi connectivity index (χ2v) is 5.02. The minimum atomic E-state index is -0.832. The lowest BCUT2D eigenvalue weighted by Gasteiger charge is -2.08. The summed E-state index contributed by atoms with van der Waals surface area (Å²) in [6.07, 6.45) is 0. The number of carbonyl (C=O) groups excluding carboxylic acids is 2. The summed E-state index contributed by atoms with van der Waals surface area (Å²) in [7, 11) is 0. The maximum atomic E-state index is 11.9. The van der Waals surface area contributed by atoms with Gasteiger partial charge in [-0.15, -0.1) is 0 Å². The number of anilines is 2. The van der Waals surface area contributed by atoms with E-state index in [0.717, 1.165) is 17.7 Å². The van der Waals surface area contributed by atoms with Crippen molar-refractivity contribution in [3.05, 3.63) is 63.7 Å². The molecule has 0 saturated heterocycles. The Balaban J connectivity index is 1.95. The average molecular weight is 329 g/mol. The van der Waals surface area contributed by atoms with E-state index in [1.54, 1.807) is 18.2 Å². The summed E-state index contributed by atoms with van der Waals surface area (Å²) >= 11 is 0. The highest BCUT2D eigenvalue weighted by Gasteiger charge is 2.16. The summed E-state index contributed by atoms with van der Waals surface area (Å²) < 4.78 is 4.87. The van der Waals surface area contributed by atoms with Crippen LogP contribution < -0.4 is 11.1 Å². The summed E-state index contributed by atoms with van der Waals surface area (Å²) in [5.41, 5.74) is 6.80. The standard InChI is InChI=1S/C16H15N3O5/c1-10-3-2-4-11(7-10)18-15(20)9-24-16(21)13-6-5-12(19(22)23)8-14(13)17/h2-8H,9,17H2,1H3,(H,18,20). The Morgan fingerprint density at radius 1 is 1.25 bits per heavy atom. The highest BCUT2D eigenvalue weighted by molar-refractivity contribution is 5.98. The normalized spacial score (nSPS) is 10.0. The molecule has 2 rings (SSSR count). The van der Waals surface area contributed by atoms with Crippen molar-refractivity contribution in [3.63, 3.8) is 0 Å². The SMILES string of the molecule is Cc1cccc(NC(=O)COC(=O)c2ccc([N+](=O)[O-])cc2N)c1. The Morgan fingerprint density at radius 3 is 2.62 bits per heavy atom. The Hall–Kier alpha value is -3.42. The molecule has 0 aliphatic rings. The Labute approximate surface area is 137 Å². The summed E-state index contributed by atoms with van der Waals surface area (Å²) in [4.78, 5) is 33.7. The molecule has 0 aromatic heterocycles. The first kappa shape index (κ1) is 16.9. The van der Waals surface area contributed by atoms with Gasteiger partial charge < -0.3 is 15.8 Å². The van der Waals surface area contributed by atoms with Crippen LogP contribution in [0.4, 0.5) is 17.1 Å². The first-order valence-electron chi connectivity index (χ1n) is 6.94. The number of rotatable bonds is 5. The molecular weight excluding hydrogens is 314 g/mol. The molecule has 8 heteroatoms. The van der Waals surface area contributed by atoms with Gasteiger partial charge in [-0.2, -0.15) is 0 Å². The highest BCUT2D eigenvalue weighted by Crippen LogP contribution is 2.20. The predicted molar refractivity (Wildman–Crippen MR) is 87.6 cm³/mol. The van der Waals surface area contributed by atoms with E-state index >= 15 is 0 Å². The van der Waals surface area contributed by atoms with Crippen molar-refractivity contribution in [2.24, 2.45) is 0 Å². The van der Waals surface area contributed by atoms with Crippen LogP contribution in [0, 0.1) is 17.0 Å². The predicted octanol–water partition coefficient (Wildman–Crippen LogP) is 2.28. The summed E-state index contributed by atoms with van der Waals surface area (Å²) in [5, 5.41) is 13.2. The molecule has 0 spiro atoms. The van der Waals surface area contributed by atoms with Crippen molar-refractivity contribution in [1.82, 2.24) is 0 Å². The molecule has 0 heterocycles. The molecule has 24 heavy (non-hydrogen) atoms. The van der Waals surface area contributed by atoms with Crippen LogP contribution in [0.1, 0.15) is 15.9 Å². The molecule has 0 bridgehead atoms. The molecule has 8 nitrogen and oxygen atoms in total. The number of amides is 1. The third-order valence-electron chi connectivity index (χ3n) is 3.10. The topological polar surface area (TPSA) is 125 Å². The number of nitrogens with two attached hydrogens (primary N) is 1. The van der Waals surface area contributed by atoms with Gasteiger partial charge in [0.15, 0.2) is 6.61 Å². The van der Waals surface area contributed by atoms with Gasteiger partial charge in [0.25, 0.3) is 11.6 Å². The van der Waals surface area contributed by atoms with Crippen LogP contribution in [0.15, 0.2) is 42.5 Å². The monoisotopic (exact) mass is 329 g/mol. The van der Waals surface area contributed by atoms with Crippen molar-refractivity contribution >= 4 is 28.9 Å². The van der Waals surface area contributed by atoms with E-state index in [-0.39, 0.29) is 16.9 Å². The minimum absolute atomic E-state index is 0.0380. The van der Waals surface area contributed by atoms with Crippen LogP contribution in [0.3, 0.4) is 0 Å². The number of esters is 1. The number of carbonyl (C=O) groups is 2. The van der Waals surface area contributed by atoms with Crippen LogP contribution in [0.5, 0.6) is 0 Å². The molecule has 0 unspecified atom stereocenters. The number of nitrogen functional groups attached to an aromatic ring is 1. The van der Waals surface area contributed by atoms with Gasteiger partial charge in [-0.3, -0.25) is 14.9 Å². The molecule has 3 N–H and O–H groups in total. The van der Waals surface area contributed by atoms with E-state index in [0.29, 0.717) is 5.69 Å². The Bertz CT molecular complexity index is 804. The van der Waals surface area contributed by atoms with Crippen LogP contribution in [0.25, 0.3) is 0 Å². The van der Waals surface area contributed by atoms with Crippen molar-refractivity contribution < 1.29 is 19.2 Å². The lowest BCUT2D eigenvalue weighted by molar-refractivity contribution is -0.384. The zero-order chi connectivity index (χ0) is 17.7. The number of aryl methyl sites for hydroxylation is 1. The number of hydrogen-bond donors (Lipinski definition) is 2. The highest BCUT2D eigenvalue weighted by atomic mass is 16.6. The number of nitrogens with zero attached hydrogens (tertiary/aromatic N) is 1. The van der Waals surface area contributed by atoms with Gasteiger partial charge in [0.2, 0.25) is 0 Å². The summed E-state index contributed by atoms with van der Waals surface area (Å²) in [6.45, 7) is 1.39. The van der Waals surface area contributed by atoms with Crippen molar-refractivity contribution in [2.75, 3.05) is 17.7 Å². The van der Waals surface area contributed by atoms with E-state index in [9.17, 15) is 19.7 Å². The molecule has 0 radical (unpaired) electrons. The van der Waals surface area contributed by atoms with Crippen LogP contribution in [0.2, 0.25) is 0 Å². The fraction of sp³-hybridized carbons (Fsp3) is 0.125. The van der Waals surface area contributed by atoms with Gasteiger partial charge in [-0.05, 0) is 30.7 Å². The molecule has 0 fully saturated rings. The van der Waals surface area contributed by atoms with Crippen LogP contribution >= 0.6 is 0 Å². The fourth-order valence-electron chi connectivity index (χ4n) is 1.98. The van der Waals surface area contributed by atoms with Crippen LogP contribution in [-0.2, 0) is 9.53 Å². The zero-order valence-electron chi connectivity index (χ0n) is 12.8. The lowest BCUT2D eigenvalue weighted by Crippen LogP contribution is -2.21. The molecule has 0 atom stereocenters. The second-order valence-electron chi connectivity index (χ2n) is 5.02. The fourth-order valence-corrected chi connectivity index (χ4v) is 1.98. The molecule has 2 aromatic carbocycles. The van der Waals surface area contributed by atoms with Crippen molar-refractivity contribution in [2.45, 2.75) is 6.92 Å². The molecule has 0 aliphatic heterocycles. The number of nitrogens with one attached hydrogen (secondary N) is 1. The molecule has 0 saturated carbocycles. The van der Waals surface area contributed by atoms with Gasteiger partial charge >= 0.3 is 5.97 Å². The van der Waals surface area contributed by atoms with Gasteiger partial charge in [0.1, 0.15) is 0 Å². The van der Waals surface area contributed by atoms with E-state index in [1.165, 1.54) is 6.07 Å². The van der Waals surface area contributed by atoms with E-state index in [4.69, 9.17) is 10.5 Å². The van der Waals surface area contributed by atoms with Crippen molar-refractivity contribution in [1.29, 1.82) is 0 Å². The third-order valence-corrected chi connectivity index (χ3v) is 3.10. The smallest absolute Gasteiger partial charge is 0.340 e. The minimum Gasteiger partial charge on any atom is -0.452 e. The van der Waals surface area contributed by atoms with E-state index in [1.807, 2.05) is 13.0 Å². The first-order chi connectivity index (χ1) is 11.4. The number of ether oxygens (including phenoxy) is 1. The van der Waals surface area contributed by atoms with Gasteiger partial charge in [0, 0.05) is 17.8 Å². The summed E-state index contributed by atoms with van der Waals surface area (Å²) in [5.74, 6) is -1.34. The molecule has 2 aromatic rings. The van der Waals surface area contributed by atoms with Gasteiger partial charge in [0.05, 0.1) is 16.2 Å². The summed E-state index contributed by atoms with van der Waals surface area (Å²) in [6, 6.07) is 10.5. The largest absolute Gasteiger partial charge is 0.452 e. The van der Waals surface area contributed by atoms with Gasteiger partial charge in [-0.25, -0.2) is 4.79 Å². The molecule has 1 amide bonds. The number of hydrogen-bond acceptors (Lipinski definition) is 6. The second kappa shape index (κ2) is 7.23. The first-order valence-corrected chi connectivity index (χ1v) is 6.94. The molecule has 0 aliphatic carbocycles. The quantitative estimate of drug-likeness (QED) is 0.375. The molecule has 124 valence electrons. The van der Waals surface area contributed by atoms with E-state index in [2.05, 4.69) is 5.32 Å². The number of nitro benzene ring substituents is 1. The number of non-ortho nitro benzene ring substituents is 1. The van der Waals surface area contributed by atoms with E-state index < -0.39 is 23.4 Å². The Kier molecular flexibility index (Phi) is 5.10. The number of benzene rings is 2. The maximum absolute atomic E-state index is 11.9. The zero-order valence-corrected chi connectivity index (χ0v) is 12.8. The lowest BCUT2D eigenvalue weighted by atomic mass is 10.1. The molecular formula is C16H15N3O5. The van der Waals surface area contributed by atoms with Gasteiger partial charge in [-0.1, -0.05) is 12.1 Å². The maximum Gasteiger partial charge on any atom is 0.340 e. The number of nitro groups is 1. The van der Waals surface area contributed by atoms with Crippen molar-refractivity contribution in [3.8, 4) is 0 Å². The third kappa shape index (κ3) is 4.29.